The number of thiophene rings is 1. The van der Waals surface area contributed by atoms with Gasteiger partial charge in [0.05, 0.1) is 15.9 Å². The van der Waals surface area contributed by atoms with E-state index in [0.717, 1.165) is 3.79 Å². The maximum atomic E-state index is 11.7. The Labute approximate surface area is 86.1 Å². The van der Waals surface area contributed by atoms with E-state index in [9.17, 15) is 13.6 Å². The summed E-state index contributed by atoms with van der Waals surface area (Å²) in [5.41, 5.74) is 0.400. The number of alkyl halides is 2. The minimum Gasteiger partial charge on any atom is -0.346 e. The van der Waals surface area contributed by atoms with Crippen LogP contribution in [0.4, 0.5) is 8.78 Å². The molecule has 0 atom stereocenters. The van der Waals surface area contributed by atoms with Crippen molar-refractivity contribution in [3.05, 3.63) is 20.8 Å². The zero-order valence-electron chi connectivity index (χ0n) is 6.39. The van der Waals surface area contributed by atoms with Gasteiger partial charge in [-0.05, 0) is 22.0 Å². The van der Waals surface area contributed by atoms with Crippen molar-refractivity contribution in [2.45, 2.75) is 6.43 Å². The second-order valence-electron chi connectivity index (χ2n) is 2.24. The first-order chi connectivity index (χ1) is 6.09. The topological polar surface area (TPSA) is 29.1 Å². The third-order valence-electron chi connectivity index (χ3n) is 1.25. The molecular formula is C7H6BrF2NOS. The molecule has 72 valence electrons. The summed E-state index contributed by atoms with van der Waals surface area (Å²) in [4.78, 5) is 11.1. The zero-order chi connectivity index (χ0) is 9.84. The quantitative estimate of drug-likeness (QED) is 0.898. The lowest BCUT2D eigenvalue weighted by Crippen LogP contribution is -2.27. The molecule has 0 spiro atoms. The summed E-state index contributed by atoms with van der Waals surface area (Å²) in [6.07, 6.45) is -2.51. The van der Waals surface area contributed by atoms with Crippen molar-refractivity contribution >= 4 is 33.2 Å². The summed E-state index contributed by atoms with van der Waals surface area (Å²) >= 11 is 4.51. The molecule has 1 N–H and O–H groups in total. The lowest BCUT2D eigenvalue weighted by atomic mass is 10.3. The first-order valence-electron chi connectivity index (χ1n) is 3.40. The fourth-order valence-corrected chi connectivity index (χ4v) is 1.84. The van der Waals surface area contributed by atoms with E-state index in [1.165, 1.54) is 11.3 Å². The SMILES string of the molecule is O=C(NCC(F)F)c1csc(Br)c1. The molecule has 2 nitrogen and oxygen atoms in total. The molecule has 13 heavy (non-hydrogen) atoms. The second kappa shape index (κ2) is 4.66. The van der Waals surface area contributed by atoms with Gasteiger partial charge in [0.1, 0.15) is 0 Å². The Bertz CT molecular complexity index is 302. The number of rotatable bonds is 3. The van der Waals surface area contributed by atoms with Gasteiger partial charge in [-0.25, -0.2) is 8.78 Å². The third-order valence-corrected chi connectivity index (χ3v) is 2.75. The molecule has 1 rings (SSSR count). The van der Waals surface area contributed by atoms with Gasteiger partial charge in [0.15, 0.2) is 0 Å². The van der Waals surface area contributed by atoms with E-state index in [-0.39, 0.29) is 0 Å². The van der Waals surface area contributed by atoms with Gasteiger partial charge in [0.2, 0.25) is 0 Å². The van der Waals surface area contributed by atoms with E-state index < -0.39 is 18.9 Å². The van der Waals surface area contributed by atoms with Crippen molar-refractivity contribution in [2.75, 3.05) is 6.54 Å². The molecule has 0 aliphatic carbocycles. The van der Waals surface area contributed by atoms with Crippen molar-refractivity contribution in [3.63, 3.8) is 0 Å². The number of amides is 1. The predicted molar refractivity (Wildman–Crippen MR) is 50.4 cm³/mol. The summed E-state index contributed by atoms with van der Waals surface area (Å²) in [6.45, 7) is -0.605. The number of nitrogens with one attached hydrogen (secondary N) is 1. The summed E-state index contributed by atoms with van der Waals surface area (Å²) in [5.74, 6) is -0.470. The van der Waals surface area contributed by atoms with Crippen LogP contribution in [0.25, 0.3) is 0 Å². The van der Waals surface area contributed by atoms with Crippen LogP contribution < -0.4 is 5.32 Å². The largest absolute Gasteiger partial charge is 0.346 e. The molecule has 1 amide bonds. The van der Waals surface area contributed by atoms with Gasteiger partial charge in [-0.2, -0.15) is 0 Å². The minimum atomic E-state index is -2.51. The highest BCUT2D eigenvalue weighted by Crippen LogP contribution is 2.20. The Morgan fingerprint density at radius 2 is 2.38 bits per heavy atom. The van der Waals surface area contributed by atoms with Crippen molar-refractivity contribution in [1.82, 2.24) is 5.32 Å². The standard InChI is InChI=1S/C7H6BrF2NOS/c8-5-1-4(3-13-5)7(12)11-2-6(9)10/h1,3,6H,2H2,(H,11,12). The summed E-state index contributed by atoms with van der Waals surface area (Å²) in [5, 5.41) is 3.71. The molecule has 0 saturated carbocycles. The highest BCUT2D eigenvalue weighted by molar-refractivity contribution is 9.11. The van der Waals surface area contributed by atoms with Crippen LogP contribution in [0.15, 0.2) is 15.2 Å². The van der Waals surface area contributed by atoms with Gasteiger partial charge in [0.25, 0.3) is 12.3 Å². The van der Waals surface area contributed by atoms with Crippen LogP contribution >= 0.6 is 27.3 Å². The maximum absolute atomic E-state index is 11.7. The van der Waals surface area contributed by atoms with Crippen LogP contribution in [0.1, 0.15) is 10.4 Å². The smallest absolute Gasteiger partial charge is 0.255 e. The van der Waals surface area contributed by atoms with Crippen LogP contribution in [0.3, 0.4) is 0 Å². The molecule has 0 aliphatic rings. The summed E-state index contributed by atoms with van der Waals surface area (Å²) in [7, 11) is 0. The number of hydrogen-bond acceptors (Lipinski definition) is 2. The van der Waals surface area contributed by atoms with Crippen LogP contribution in [-0.4, -0.2) is 18.9 Å². The molecule has 0 unspecified atom stereocenters. The molecule has 0 radical (unpaired) electrons. The predicted octanol–water partition coefficient (Wildman–Crippen LogP) is 2.51. The Kier molecular flexibility index (Phi) is 3.80. The molecule has 1 heterocycles. The van der Waals surface area contributed by atoms with Gasteiger partial charge in [-0.15, -0.1) is 11.3 Å². The van der Waals surface area contributed by atoms with E-state index in [2.05, 4.69) is 21.2 Å². The number of carbonyl (C=O) groups is 1. The number of carbonyl (C=O) groups excluding carboxylic acids is 1. The lowest BCUT2D eigenvalue weighted by Gasteiger charge is -2.01. The number of halogens is 3. The Morgan fingerprint density at radius 3 is 2.85 bits per heavy atom. The molecule has 0 bridgehead atoms. The third kappa shape index (κ3) is 3.40. The van der Waals surface area contributed by atoms with Crippen molar-refractivity contribution < 1.29 is 13.6 Å². The fraction of sp³-hybridized carbons (Fsp3) is 0.286. The van der Waals surface area contributed by atoms with Crippen LogP contribution in [0.5, 0.6) is 0 Å². The van der Waals surface area contributed by atoms with E-state index in [1.807, 2.05) is 0 Å². The molecule has 1 aromatic rings. The maximum Gasteiger partial charge on any atom is 0.255 e. The molecular weight excluding hydrogens is 264 g/mol. The van der Waals surface area contributed by atoms with Crippen molar-refractivity contribution in [1.29, 1.82) is 0 Å². The average Bonchev–Trinajstić information content (AvgIpc) is 2.47. The molecule has 0 saturated heterocycles. The minimum absolute atomic E-state index is 0.400. The van der Waals surface area contributed by atoms with Crippen LogP contribution in [0.2, 0.25) is 0 Å². The average molecular weight is 270 g/mol. The van der Waals surface area contributed by atoms with E-state index >= 15 is 0 Å². The molecule has 1 aromatic heterocycles. The number of hydrogen-bond donors (Lipinski definition) is 1. The van der Waals surface area contributed by atoms with E-state index in [4.69, 9.17) is 0 Å². The summed E-state index contributed by atoms with van der Waals surface area (Å²) in [6, 6.07) is 1.59. The Balaban J connectivity index is 2.49. The molecule has 0 aromatic carbocycles. The highest BCUT2D eigenvalue weighted by Gasteiger charge is 2.09. The van der Waals surface area contributed by atoms with Crippen molar-refractivity contribution in [2.24, 2.45) is 0 Å². The second-order valence-corrected chi connectivity index (χ2v) is 4.53. The zero-order valence-corrected chi connectivity index (χ0v) is 8.79. The van der Waals surface area contributed by atoms with Gasteiger partial charge in [-0.3, -0.25) is 4.79 Å². The first kappa shape index (κ1) is 10.6. The van der Waals surface area contributed by atoms with Crippen LogP contribution in [0, 0.1) is 0 Å². The molecule has 0 aliphatic heterocycles. The van der Waals surface area contributed by atoms with Crippen LogP contribution in [-0.2, 0) is 0 Å². The van der Waals surface area contributed by atoms with Gasteiger partial charge < -0.3 is 5.32 Å². The monoisotopic (exact) mass is 269 g/mol. The van der Waals surface area contributed by atoms with Gasteiger partial charge in [0, 0.05) is 5.38 Å². The first-order valence-corrected chi connectivity index (χ1v) is 5.07. The lowest BCUT2D eigenvalue weighted by molar-refractivity contribution is 0.0892. The fourth-order valence-electron chi connectivity index (χ4n) is 0.701. The molecule has 0 fully saturated rings. The van der Waals surface area contributed by atoms with E-state index in [0.29, 0.717) is 5.56 Å². The van der Waals surface area contributed by atoms with Gasteiger partial charge in [-0.1, -0.05) is 0 Å². The Morgan fingerprint density at radius 1 is 1.69 bits per heavy atom. The normalized spacial score (nSPS) is 10.5. The van der Waals surface area contributed by atoms with Crippen molar-refractivity contribution in [3.8, 4) is 0 Å². The Hall–Kier alpha value is -0.490. The highest BCUT2D eigenvalue weighted by atomic mass is 79.9. The molecule has 6 heteroatoms. The summed E-state index contributed by atoms with van der Waals surface area (Å²) < 4.78 is 24.2. The van der Waals surface area contributed by atoms with Gasteiger partial charge >= 0.3 is 0 Å². The van der Waals surface area contributed by atoms with E-state index in [1.54, 1.807) is 11.4 Å².